The molecule has 0 amide bonds. The molecule has 1 aromatic carbocycles. The number of rotatable bonds is 9. The number of alkyl halides is 3. The van der Waals surface area contributed by atoms with E-state index < -0.39 is 11.7 Å². The van der Waals surface area contributed by atoms with Crippen molar-refractivity contribution >= 4 is 27.1 Å². The minimum Gasteiger partial charge on any atom is -0.368 e. The van der Waals surface area contributed by atoms with Crippen LogP contribution in [0.2, 0.25) is 0 Å². The molecule has 2 aromatic heterocycles. The number of imidazole rings is 1. The molecule has 1 aliphatic carbocycles. The van der Waals surface area contributed by atoms with Crippen LogP contribution in [0.25, 0.3) is 10.1 Å². The fourth-order valence-electron chi connectivity index (χ4n) is 4.82. The second-order valence-corrected chi connectivity index (χ2v) is 10.1. The van der Waals surface area contributed by atoms with Gasteiger partial charge in [0.25, 0.3) is 0 Å². The third-order valence-corrected chi connectivity index (χ3v) is 7.83. The van der Waals surface area contributed by atoms with E-state index >= 15 is 0 Å². The maximum atomic E-state index is 13.0. The van der Waals surface area contributed by atoms with E-state index in [9.17, 15) is 13.2 Å². The highest BCUT2D eigenvalue weighted by Crippen LogP contribution is 2.40. The lowest BCUT2D eigenvalue weighted by Gasteiger charge is -2.36. The Morgan fingerprint density at radius 3 is 2.73 bits per heavy atom. The molecule has 0 bridgehead atoms. The summed E-state index contributed by atoms with van der Waals surface area (Å²) < 4.78 is 41.8. The van der Waals surface area contributed by atoms with Crippen LogP contribution < -0.4 is 10.2 Å². The number of nitrogens with zero attached hydrogens (tertiary/aromatic N) is 4. The third kappa shape index (κ3) is 5.53. The number of anilines is 1. The molecule has 0 spiro atoms. The van der Waals surface area contributed by atoms with Gasteiger partial charge in [-0.05, 0) is 49.9 Å². The molecule has 1 N–H and O–H groups in total. The Kier molecular flexibility index (Phi) is 6.62. The van der Waals surface area contributed by atoms with E-state index in [-0.39, 0.29) is 0 Å². The molecule has 2 atom stereocenters. The SMILES string of the molecule is FC(F)(F)c1ccc2c(N3CCN(CC4C[C@H]4CNCCCn4ccnc4)CC3)csc2c1. The molecule has 2 aliphatic rings. The molecule has 1 unspecified atom stereocenters. The average Bonchev–Trinajstić information content (AvgIpc) is 3.16. The van der Waals surface area contributed by atoms with Crippen LogP contribution in [0.1, 0.15) is 18.4 Å². The molecular weight excluding hydrogens is 447 g/mol. The highest BCUT2D eigenvalue weighted by molar-refractivity contribution is 7.17. The number of piperazine rings is 1. The van der Waals surface area contributed by atoms with E-state index in [2.05, 4.69) is 24.7 Å². The second-order valence-electron chi connectivity index (χ2n) is 9.23. The van der Waals surface area contributed by atoms with Crippen LogP contribution in [-0.2, 0) is 12.7 Å². The number of aromatic nitrogens is 2. The lowest BCUT2D eigenvalue weighted by atomic mass is 10.1. The number of aryl methyl sites for hydroxylation is 1. The van der Waals surface area contributed by atoms with Crippen LogP contribution in [-0.4, -0.2) is 60.3 Å². The minimum absolute atomic E-state index is 0.570. The number of thiophene rings is 1. The fourth-order valence-corrected chi connectivity index (χ4v) is 5.82. The molecule has 2 fully saturated rings. The van der Waals surface area contributed by atoms with Gasteiger partial charge in [-0.3, -0.25) is 4.90 Å². The van der Waals surface area contributed by atoms with Crippen LogP contribution in [0.15, 0.2) is 42.3 Å². The maximum Gasteiger partial charge on any atom is 0.416 e. The van der Waals surface area contributed by atoms with Gasteiger partial charge in [-0.1, -0.05) is 6.07 Å². The van der Waals surface area contributed by atoms with Crippen molar-refractivity contribution in [2.75, 3.05) is 50.7 Å². The van der Waals surface area contributed by atoms with Crippen LogP contribution in [0.3, 0.4) is 0 Å². The molecule has 3 heterocycles. The van der Waals surface area contributed by atoms with Crippen molar-refractivity contribution in [3.63, 3.8) is 0 Å². The zero-order valence-electron chi connectivity index (χ0n) is 18.6. The first-order valence-electron chi connectivity index (χ1n) is 11.7. The van der Waals surface area contributed by atoms with Crippen molar-refractivity contribution in [2.45, 2.75) is 25.6 Å². The highest BCUT2D eigenvalue weighted by atomic mass is 32.1. The summed E-state index contributed by atoms with van der Waals surface area (Å²) in [6.45, 7) is 8.20. The summed E-state index contributed by atoms with van der Waals surface area (Å²) in [7, 11) is 0. The first-order valence-corrected chi connectivity index (χ1v) is 12.6. The van der Waals surface area contributed by atoms with Crippen molar-refractivity contribution in [1.29, 1.82) is 0 Å². The number of hydrogen-bond acceptors (Lipinski definition) is 5. The maximum absolute atomic E-state index is 13.0. The summed E-state index contributed by atoms with van der Waals surface area (Å²) >= 11 is 1.40. The first kappa shape index (κ1) is 22.7. The molecule has 178 valence electrons. The molecule has 5 rings (SSSR count). The number of hydrogen-bond donors (Lipinski definition) is 1. The van der Waals surface area contributed by atoms with Gasteiger partial charge in [0, 0.05) is 67.1 Å². The largest absolute Gasteiger partial charge is 0.416 e. The van der Waals surface area contributed by atoms with E-state index in [1.54, 1.807) is 6.07 Å². The molecule has 5 nitrogen and oxygen atoms in total. The molecular formula is C24H30F3N5S. The molecule has 1 aliphatic heterocycles. The topological polar surface area (TPSA) is 36.3 Å². The predicted molar refractivity (Wildman–Crippen MR) is 127 cm³/mol. The lowest BCUT2D eigenvalue weighted by molar-refractivity contribution is -0.137. The van der Waals surface area contributed by atoms with E-state index in [1.807, 2.05) is 24.1 Å². The van der Waals surface area contributed by atoms with Crippen molar-refractivity contribution in [3.05, 3.63) is 47.9 Å². The Morgan fingerprint density at radius 2 is 1.97 bits per heavy atom. The molecule has 0 radical (unpaired) electrons. The summed E-state index contributed by atoms with van der Waals surface area (Å²) in [5, 5.41) is 6.55. The van der Waals surface area contributed by atoms with Gasteiger partial charge in [0.2, 0.25) is 0 Å². The molecule has 9 heteroatoms. The van der Waals surface area contributed by atoms with Crippen molar-refractivity contribution < 1.29 is 13.2 Å². The van der Waals surface area contributed by atoms with Crippen molar-refractivity contribution in [3.8, 4) is 0 Å². The summed E-state index contributed by atoms with van der Waals surface area (Å²) in [5.74, 6) is 1.58. The molecule has 33 heavy (non-hydrogen) atoms. The van der Waals surface area contributed by atoms with E-state index in [0.29, 0.717) is 4.70 Å². The van der Waals surface area contributed by atoms with Crippen LogP contribution >= 0.6 is 11.3 Å². The number of halogens is 3. The molecule has 1 saturated heterocycles. The van der Waals surface area contributed by atoms with E-state index in [1.165, 1.54) is 29.9 Å². The van der Waals surface area contributed by atoms with Gasteiger partial charge in [0.05, 0.1) is 17.6 Å². The zero-order valence-corrected chi connectivity index (χ0v) is 19.4. The Morgan fingerprint density at radius 1 is 1.12 bits per heavy atom. The van der Waals surface area contributed by atoms with E-state index in [4.69, 9.17) is 0 Å². The monoisotopic (exact) mass is 477 g/mol. The predicted octanol–water partition coefficient (Wildman–Crippen LogP) is 4.55. The van der Waals surface area contributed by atoms with Crippen LogP contribution in [0.4, 0.5) is 18.9 Å². The van der Waals surface area contributed by atoms with Crippen LogP contribution in [0.5, 0.6) is 0 Å². The summed E-state index contributed by atoms with van der Waals surface area (Å²) in [6, 6.07) is 4.11. The van der Waals surface area contributed by atoms with Gasteiger partial charge in [0.15, 0.2) is 0 Å². The summed E-state index contributed by atoms with van der Waals surface area (Å²) in [6.07, 6.45) is 3.82. The standard InChI is InChI=1S/C24H30F3N5S/c25-24(26,27)20-2-3-21-22(16-33-23(21)13-20)32-10-8-30(9-11-32)15-19-12-18(19)14-28-4-1-6-31-7-5-29-17-31/h2-3,5,7,13,16-19,28H,1,4,6,8-12,14-15H2/t18-,19?/m0/s1. The quantitative estimate of drug-likeness (QED) is 0.459. The molecule has 1 saturated carbocycles. The van der Waals surface area contributed by atoms with Gasteiger partial charge in [0.1, 0.15) is 0 Å². The first-order chi connectivity index (χ1) is 16.0. The number of benzene rings is 1. The van der Waals surface area contributed by atoms with Crippen molar-refractivity contribution in [2.24, 2.45) is 11.8 Å². The second kappa shape index (κ2) is 9.64. The van der Waals surface area contributed by atoms with Crippen molar-refractivity contribution in [1.82, 2.24) is 19.8 Å². The van der Waals surface area contributed by atoms with Crippen LogP contribution in [0, 0.1) is 11.8 Å². The number of fused-ring (bicyclic) bond motifs is 1. The Bertz CT molecular complexity index is 1040. The minimum atomic E-state index is -4.29. The Balaban J connectivity index is 1.03. The van der Waals surface area contributed by atoms with Gasteiger partial charge in [-0.25, -0.2) is 4.98 Å². The molecule has 3 aromatic rings. The van der Waals surface area contributed by atoms with Gasteiger partial charge in [-0.2, -0.15) is 13.2 Å². The fraction of sp³-hybridized carbons (Fsp3) is 0.542. The third-order valence-electron chi connectivity index (χ3n) is 6.89. The zero-order chi connectivity index (χ0) is 22.8. The number of nitrogens with one attached hydrogen (secondary N) is 1. The normalized spacial score (nSPS) is 21.7. The Labute approximate surface area is 196 Å². The Hall–Kier alpha value is -2.10. The lowest BCUT2D eigenvalue weighted by Crippen LogP contribution is -2.47. The summed E-state index contributed by atoms with van der Waals surface area (Å²) in [4.78, 5) is 8.95. The van der Waals surface area contributed by atoms with Gasteiger partial charge < -0.3 is 14.8 Å². The average molecular weight is 478 g/mol. The van der Waals surface area contributed by atoms with Gasteiger partial charge in [-0.15, -0.1) is 11.3 Å². The summed E-state index contributed by atoms with van der Waals surface area (Å²) in [5.41, 5.74) is 0.507. The highest BCUT2D eigenvalue weighted by Gasteiger charge is 2.38. The van der Waals surface area contributed by atoms with E-state index in [0.717, 1.165) is 81.7 Å². The van der Waals surface area contributed by atoms with Gasteiger partial charge >= 0.3 is 6.18 Å². The smallest absolute Gasteiger partial charge is 0.368 e.